The predicted octanol–water partition coefficient (Wildman–Crippen LogP) is 4.42. The second-order valence-electron chi connectivity index (χ2n) is 8.12. The number of carbonyl (C=O) groups excluding carboxylic acids is 1. The van der Waals surface area contributed by atoms with Crippen molar-refractivity contribution in [1.29, 1.82) is 0 Å². The maximum absolute atomic E-state index is 11.9. The van der Waals surface area contributed by atoms with Crippen LogP contribution in [0.4, 0.5) is 0 Å². The van der Waals surface area contributed by atoms with Crippen molar-refractivity contribution in [3.05, 3.63) is 59.7 Å². The van der Waals surface area contributed by atoms with Gasteiger partial charge >= 0.3 is 0 Å². The minimum Gasteiger partial charge on any atom is -0.383 e. The first-order valence-corrected chi connectivity index (χ1v) is 10.8. The van der Waals surface area contributed by atoms with Crippen LogP contribution in [0, 0.1) is 12.8 Å². The summed E-state index contributed by atoms with van der Waals surface area (Å²) in [5.74, 6) is 0.815. The van der Waals surface area contributed by atoms with Crippen molar-refractivity contribution in [2.45, 2.75) is 39.2 Å². The van der Waals surface area contributed by atoms with Crippen molar-refractivity contribution < 1.29 is 9.53 Å². The van der Waals surface area contributed by atoms with E-state index in [1.54, 1.807) is 7.11 Å². The molecule has 4 heteroatoms. The van der Waals surface area contributed by atoms with Crippen molar-refractivity contribution in [2.75, 3.05) is 33.4 Å². The van der Waals surface area contributed by atoms with Crippen LogP contribution in [0.5, 0.6) is 0 Å². The Labute approximate surface area is 175 Å². The smallest absolute Gasteiger partial charge is 0.220 e. The van der Waals surface area contributed by atoms with E-state index < -0.39 is 0 Å². The van der Waals surface area contributed by atoms with Gasteiger partial charge < -0.3 is 10.1 Å². The number of amides is 1. The van der Waals surface area contributed by atoms with Crippen molar-refractivity contribution in [1.82, 2.24) is 10.2 Å². The minimum atomic E-state index is 0.150. The molecule has 0 spiro atoms. The minimum absolute atomic E-state index is 0.150. The van der Waals surface area contributed by atoms with Gasteiger partial charge in [0, 0.05) is 26.6 Å². The lowest BCUT2D eigenvalue weighted by Gasteiger charge is -2.32. The summed E-state index contributed by atoms with van der Waals surface area (Å²) in [6, 6.07) is 17.5. The monoisotopic (exact) mass is 394 g/mol. The van der Waals surface area contributed by atoms with E-state index in [4.69, 9.17) is 4.74 Å². The van der Waals surface area contributed by atoms with Gasteiger partial charge in [0.1, 0.15) is 0 Å². The van der Waals surface area contributed by atoms with Gasteiger partial charge in [-0.25, -0.2) is 0 Å². The molecular weight excluding hydrogens is 360 g/mol. The quantitative estimate of drug-likeness (QED) is 0.640. The van der Waals surface area contributed by atoms with Crippen LogP contribution in [0.1, 0.15) is 36.8 Å². The second-order valence-corrected chi connectivity index (χ2v) is 8.12. The van der Waals surface area contributed by atoms with Crippen LogP contribution < -0.4 is 5.32 Å². The zero-order chi connectivity index (χ0) is 20.5. The van der Waals surface area contributed by atoms with Crippen molar-refractivity contribution >= 4 is 5.91 Å². The third-order valence-electron chi connectivity index (χ3n) is 5.90. The molecule has 3 rings (SSSR count). The second kappa shape index (κ2) is 11.1. The number of likely N-dealkylation sites (tertiary alicyclic amines) is 1. The summed E-state index contributed by atoms with van der Waals surface area (Å²) in [5, 5.41) is 2.91. The summed E-state index contributed by atoms with van der Waals surface area (Å²) in [6.07, 6.45) is 3.99. The number of hydrogen-bond donors (Lipinski definition) is 1. The molecule has 0 bridgehead atoms. The molecule has 1 aliphatic heterocycles. The summed E-state index contributed by atoms with van der Waals surface area (Å²) in [6.45, 7) is 6.59. The molecule has 2 aromatic rings. The molecule has 2 aromatic carbocycles. The number of nitrogens with zero attached hydrogens (tertiary/aromatic N) is 1. The molecule has 1 aliphatic rings. The number of piperidine rings is 1. The highest BCUT2D eigenvalue weighted by Gasteiger charge is 2.20. The summed E-state index contributed by atoms with van der Waals surface area (Å²) < 4.78 is 4.97. The maximum Gasteiger partial charge on any atom is 0.220 e. The average molecular weight is 395 g/mol. The van der Waals surface area contributed by atoms with E-state index in [0.29, 0.717) is 25.5 Å². The number of nitrogens with one attached hydrogen (secondary N) is 1. The van der Waals surface area contributed by atoms with Crippen LogP contribution in [-0.4, -0.2) is 44.2 Å². The molecule has 1 saturated heterocycles. The van der Waals surface area contributed by atoms with Gasteiger partial charge in [0.25, 0.3) is 0 Å². The Morgan fingerprint density at radius 2 is 1.93 bits per heavy atom. The first-order chi connectivity index (χ1) is 14.2. The fraction of sp³-hybridized carbons (Fsp3) is 0.480. The molecule has 0 saturated carbocycles. The standard InChI is InChI=1S/C25H34N2O2/c1-20-6-3-4-9-24(20)23-8-5-7-22(18-23)19-27-15-12-21(13-16-27)10-11-25(28)26-14-17-29-2/h3-9,18,21H,10-17,19H2,1-2H3,(H,26,28). The maximum atomic E-state index is 11.9. The molecule has 1 N–H and O–H groups in total. The lowest BCUT2D eigenvalue weighted by molar-refractivity contribution is -0.121. The largest absolute Gasteiger partial charge is 0.383 e. The van der Waals surface area contributed by atoms with Gasteiger partial charge in [-0.2, -0.15) is 0 Å². The van der Waals surface area contributed by atoms with E-state index in [1.807, 2.05) is 0 Å². The molecule has 4 nitrogen and oxygen atoms in total. The van der Waals surface area contributed by atoms with E-state index in [2.05, 4.69) is 65.7 Å². The van der Waals surface area contributed by atoms with E-state index in [0.717, 1.165) is 26.1 Å². The SMILES string of the molecule is COCCNC(=O)CCC1CCN(Cc2cccc(-c3ccccc3C)c2)CC1. The first kappa shape index (κ1) is 21.5. The number of benzene rings is 2. The van der Waals surface area contributed by atoms with Gasteiger partial charge in [0.15, 0.2) is 0 Å². The molecule has 0 atom stereocenters. The molecule has 1 heterocycles. The summed E-state index contributed by atoms with van der Waals surface area (Å²) in [7, 11) is 1.65. The van der Waals surface area contributed by atoms with Gasteiger partial charge in [-0.1, -0.05) is 42.5 Å². The van der Waals surface area contributed by atoms with Gasteiger partial charge in [-0.3, -0.25) is 9.69 Å². The Hall–Kier alpha value is -2.17. The van der Waals surface area contributed by atoms with Crippen LogP contribution in [0.25, 0.3) is 11.1 Å². The Morgan fingerprint density at radius 1 is 1.14 bits per heavy atom. The molecule has 1 fully saturated rings. The van der Waals surface area contributed by atoms with E-state index in [1.165, 1.54) is 35.1 Å². The van der Waals surface area contributed by atoms with Crippen molar-refractivity contribution in [3.8, 4) is 11.1 Å². The van der Waals surface area contributed by atoms with Gasteiger partial charge in [-0.15, -0.1) is 0 Å². The lowest BCUT2D eigenvalue weighted by Crippen LogP contribution is -2.34. The van der Waals surface area contributed by atoms with Crippen molar-refractivity contribution in [3.63, 3.8) is 0 Å². The Balaban J connectivity index is 1.45. The van der Waals surface area contributed by atoms with E-state index in [-0.39, 0.29) is 5.91 Å². The van der Waals surface area contributed by atoms with Crippen LogP contribution in [0.15, 0.2) is 48.5 Å². The molecule has 156 valence electrons. The predicted molar refractivity (Wildman–Crippen MR) is 119 cm³/mol. The highest BCUT2D eigenvalue weighted by atomic mass is 16.5. The number of ether oxygens (including phenoxy) is 1. The van der Waals surface area contributed by atoms with Crippen LogP contribution >= 0.6 is 0 Å². The highest BCUT2D eigenvalue weighted by Crippen LogP contribution is 2.26. The number of carbonyl (C=O) groups is 1. The van der Waals surface area contributed by atoms with E-state index >= 15 is 0 Å². The fourth-order valence-corrected chi connectivity index (χ4v) is 4.14. The Morgan fingerprint density at radius 3 is 2.69 bits per heavy atom. The number of rotatable bonds is 9. The fourth-order valence-electron chi connectivity index (χ4n) is 4.14. The molecule has 29 heavy (non-hydrogen) atoms. The van der Waals surface area contributed by atoms with Crippen LogP contribution in [0.3, 0.4) is 0 Å². The molecule has 0 aliphatic carbocycles. The summed E-state index contributed by atoms with van der Waals surface area (Å²) in [4.78, 5) is 14.4. The molecule has 0 aromatic heterocycles. The summed E-state index contributed by atoms with van der Waals surface area (Å²) in [5.41, 5.74) is 5.31. The molecular formula is C25H34N2O2. The lowest BCUT2D eigenvalue weighted by atomic mass is 9.91. The first-order valence-electron chi connectivity index (χ1n) is 10.8. The van der Waals surface area contributed by atoms with Crippen LogP contribution in [-0.2, 0) is 16.1 Å². The Kier molecular flexibility index (Phi) is 8.26. The normalized spacial score (nSPS) is 15.4. The van der Waals surface area contributed by atoms with Gasteiger partial charge in [-0.05, 0) is 73.5 Å². The van der Waals surface area contributed by atoms with Crippen molar-refractivity contribution in [2.24, 2.45) is 5.92 Å². The highest BCUT2D eigenvalue weighted by molar-refractivity contribution is 5.75. The number of hydrogen-bond acceptors (Lipinski definition) is 3. The van der Waals surface area contributed by atoms with Gasteiger partial charge in [0.2, 0.25) is 5.91 Å². The van der Waals surface area contributed by atoms with Crippen LogP contribution in [0.2, 0.25) is 0 Å². The molecule has 1 amide bonds. The topological polar surface area (TPSA) is 41.6 Å². The zero-order valence-electron chi connectivity index (χ0n) is 17.8. The summed E-state index contributed by atoms with van der Waals surface area (Å²) >= 11 is 0. The third-order valence-corrected chi connectivity index (χ3v) is 5.90. The van der Waals surface area contributed by atoms with Gasteiger partial charge in [0.05, 0.1) is 6.61 Å². The number of aryl methyl sites for hydroxylation is 1. The molecule has 0 radical (unpaired) electrons. The third kappa shape index (κ3) is 6.69. The zero-order valence-corrected chi connectivity index (χ0v) is 17.8. The van der Waals surface area contributed by atoms with E-state index in [9.17, 15) is 4.79 Å². The number of methoxy groups -OCH3 is 1. The average Bonchev–Trinajstić information content (AvgIpc) is 2.74. The Bertz CT molecular complexity index is 782. The molecule has 0 unspecified atom stereocenters.